The lowest BCUT2D eigenvalue weighted by Crippen LogP contribution is -2.42. The number of nitrogens with zero attached hydrogens (tertiary/aromatic N) is 1. The molecule has 1 aliphatic rings. The summed E-state index contributed by atoms with van der Waals surface area (Å²) < 4.78 is 0. The summed E-state index contributed by atoms with van der Waals surface area (Å²) in [4.78, 5) is 14.0. The second-order valence-electron chi connectivity index (χ2n) is 5.47. The molecule has 1 aliphatic heterocycles. The highest BCUT2D eigenvalue weighted by Crippen LogP contribution is 2.18. The number of nitrogens with one attached hydrogen (secondary N) is 1. The maximum atomic E-state index is 11.4. The molecule has 0 aliphatic carbocycles. The largest absolute Gasteiger partial charge is 0.356 e. The van der Waals surface area contributed by atoms with Gasteiger partial charge in [0.2, 0.25) is 5.91 Å². The number of carbonyl (C=O) groups is 1. The number of hydrogen-bond acceptors (Lipinski definition) is 2. The van der Waals surface area contributed by atoms with Gasteiger partial charge >= 0.3 is 0 Å². The molecule has 0 saturated carbocycles. The van der Waals surface area contributed by atoms with Gasteiger partial charge in [0, 0.05) is 18.5 Å². The van der Waals surface area contributed by atoms with E-state index in [0.29, 0.717) is 12.0 Å². The second kappa shape index (κ2) is 6.24. The summed E-state index contributed by atoms with van der Waals surface area (Å²) in [6.07, 6.45) is 2.44. The molecule has 94 valence electrons. The molecule has 1 N–H and O–H groups in total. The molecule has 3 heteroatoms. The van der Waals surface area contributed by atoms with Crippen molar-refractivity contribution in [2.24, 2.45) is 11.8 Å². The summed E-state index contributed by atoms with van der Waals surface area (Å²) in [7, 11) is 0. The minimum Gasteiger partial charge on any atom is -0.356 e. The van der Waals surface area contributed by atoms with Crippen LogP contribution in [-0.4, -0.2) is 36.5 Å². The van der Waals surface area contributed by atoms with Gasteiger partial charge in [-0.2, -0.15) is 0 Å². The van der Waals surface area contributed by atoms with Crippen molar-refractivity contribution < 1.29 is 4.79 Å². The van der Waals surface area contributed by atoms with Crippen LogP contribution in [0.5, 0.6) is 0 Å². The third kappa shape index (κ3) is 4.12. The minimum atomic E-state index is 0.107. The topological polar surface area (TPSA) is 32.3 Å². The Bertz CT molecular complexity index is 218. The van der Waals surface area contributed by atoms with Crippen molar-refractivity contribution in [1.82, 2.24) is 10.2 Å². The molecule has 1 fully saturated rings. The number of carbonyl (C=O) groups excluding carboxylic acids is 1. The van der Waals surface area contributed by atoms with Gasteiger partial charge in [0.05, 0.1) is 0 Å². The van der Waals surface area contributed by atoms with E-state index in [0.717, 1.165) is 6.54 Å². The summed E-state index contributed by atoms with van der Waals surface area (Å²) >= 11 is 0. The third-order valence-electron chi connectivity index (χ3n) is 3.47. The molecule has 1 amide bonds. The number of likely N-dealkylation sites (tertiary alicyclic amines) is 1. The van der Waals surface area contributed by atoms with Crippen molar-refractivity contribution in [2.45, 2.75) is 46.6 Å². The molecule has 3 nitrogen and oxygen atoms in total. The van der Waals surface area contributed by atoms with Crippen LogP contribution in [0.3, 0.4) is 0 Å². The molecule has 1 heterocycles. The van der Waals surface area contributed by atoms with Crippen molar-refractivity contribution in [3.05, 3.63) is 0 Å². The zero-order chi connectivity index (χ0) is 12.1. The highest BCUT2D eigenvalue weighted by atomic mass is 16.1. The number of amides is 1. The zero-order valence-corrected chi connectivity index (χ0v) is 11.1. The average Bonchev–Trinajstić information content (AvgIpc) is 2.26. The lowest BCUT2D eigenvalue weighted by atomic mass is 9.96. The van der Waals surface area contributed by atoms with E-state index >= 15 is 0 Å². The summed E-state index contributed by atoms with van der Waals surface area (Å²) in [5, 5.41) is 3.04. The van der Waals surface area contributed by atoms with Gasteiger partial charge in [-0.1, -0.05) is 13.8 Å². The van der Waals surface area contributed by atoms with Gasteiger partial charge in [0.1, 0.15) is 0 Å². The van der Waals surface area contributed by atoms with Crippen LogP contribution in [0, 0.1) is 11.8 Å². The second-order valence-corrected chi connectivity index (χ2v) is 5.47. The fraction of sp³-hybridized carbons (Fsp3) is 0.923. The van der Waals surface area contributed by atoms with Gasteiger partial charge < -0.3 is 10.2 Å². The van der Waals surface area contributed by atoms with E-state index in [2.05, 4.69) is 24.1 Å². The first-order valence-electron chi connectivity index (χ1n) is 6.52. The first kappa shape index (κ1) is 13.5. The smallest absolute Gasteiger partial charge is 0.222 e. The molecule has 0 aromatic heterocycles. The zero-order valence-electron chi connectivity index (χ0n) is 11.1. The van der Waals surface area contributed by atoms with Gasteiger partial charge in [-0.3, -0.25) is 4.79 Å². The average molecular weight is 226 g/mol. The Hall–Kier alpha value is -0.570. The monoisotopic (exact) mass is 226 g/mol. The maximum Gasteiger partial charge on any atom is 0.222 e. The molecule has 1 rings (SSSR count). The molecule has 0 aromatic carbocycles. The predicted molar refractivity (Wildman–Crippen MR) is 67.3 cm³/mol. The van der Waals surface area contributed by atoms with Gasteiger partial charge in [-0.25, -0.2) is 0 Å². The fourth-order valence-corrected chi connectivity index (χ4v) is 2.12. The highest BCUT2D eigenvalue weighted by Gasteiger charge is 2.21. The Balaban J connectivity index is 2.20. The Morgan fingerprint density at radius 3 is 2.25 bits per heavy atom. The summed E-state index contributed by atoms with van der Waals surface area (Å²) in [5.41, 5.74) is 0. The van der Waals surface area contributed by atoms with Crippen LogP contribution in [0.15, 0.2) is 0 Å². The molecule has 1 saturated heterocycles. The number of rotatable bonds is 4. The van der Waals surface area contributed by atoms with E-state index in [1.807, 2.05) is 13.8 Å². The van der Waals surface area contributed by atoms with Crippen molar-refractivity contribution in [3.63, 3.8) is 0 Å². The van der Waals surface area contributed by atoms with Crippen LogP contribution in [-0.2, 0) is 4.79 Å². The lowest BCUT2D eigenvalue weighted by molar-refractivity contribution is -0.124. The Kier molecular flexibility index (Phi) is 5.26. The number of hydrogen-bond donors (Lipinski definition) is 1. The van der Waals surface area contributed by atoms with Crippen molar-refractivity contribution in [1.29, 1.82) is 0 Å². The van der Waals surface area contributed by atoms with Crippen LogP contribution in [0.4, 0.5) is 0 Å². The summed E-state index contributed by atoms with van der Waals surface area (Å²) in [6.45, 7) is 11.6. The van der Waals surface area contributed by atoms with Gasteiger partial charge in [0.15, 0.2) is 0 Å². The molecule has 0 aromatic rings. The molecule has 0 spiro atoms. The highest BCUT2D eigenvalue weighted by molar-refractivity contribution is 5.77. The molecule has 16 heavy (non-hydrogen) atoms. The van der Waals surface area contributed by atoms with E-state index in [1.54, 1.807) is 0 Å². The summed E-state index contributed by atoms with van der Waals surface area (Å²) in [6, 6.07) is 0.659. The SMILES string of the molecule is CC(C)C(=O)NCC1CCN(C(C)C)CC1. The minimum absolute atomic E-state index is 0.107. The lowest BCUT2D eigenvalue weighted by Gasteiger charge is -2.34. The van der Waals surface area contributed by atoms with Crippen LogP contribution in [0.25, 0.3) is 0 Å². The molecule has 0 atom stereocenters. The Morgan fingerprint density at radius 1 is 1.25 bits per heavy atom. The normalized spacial score (nSPS) is 19.4. The fourth-order valence-electron chi connectivity index (χ4n) is 2.12. The molecule has 0 unspecified atom stereocenters. The van der Waals surface area contributed by atoms with Crippen molar-refractivity contribution in [2.75, 3.05) is 19.6 Å². The predicted octanol–water partition coefficient (Wildman–Crippen LogP) is 1.88. The molecular formula is C13H26N2O. The van der Waals surface area contributed by atoms with Crippen molar-refractivity contribution >= 4 is 5.91 Å². The summed E-state index contributed by atoms with van der Waals surface area (Å²) in [5.74, 6) is 0.972. The van der Waals surface area contributed by atoms with E-state index in [-0.39, 0.29) is 11.8 Å². The molecular weight excluding hydrogens is 200 g/mol. The van der Waals surface area contributed by atoms with Gasteiger partial charge in [0.25, 0.3) is 0 Å². The maximum absolute atomic E-state index is 11.4. The van der Waals surface area contributed by atoms with Crippen LogP contribution in [0.2, 0.25) is 0 Å². The van der Waals surface area contributed by atoms with E-state index < -0.39 is 0 Å². The van der Waals surface area contributed by atoms with Gasteiger partial charge in [-0.05, 0) is 45.7 Å². The van der Waals surface area contributed by atoms with Crippen LogP contribution >= 0.6 is 0 Å². The van der Waals surface area contributed by atoms with E-state index in [1.165, 1.54) is 25.9 Å². The third-order valence-corrected chi connectivity index (χ3v) is 3.47. The first-order chi connectivity index (χ1) is 7.50. The van der Waals surface area contributed by atoms with Crippen LogP contribution < -0.4 is 5.32 Å². The van der Waals surface area contributed by atoms with Crippen molar-refractivity contribution in [3.8, 4) is 0 Å². The van der Waals surface area contributed by atoms with E-state index in [4.69, 9.17) is 0 Å². The van der Waals surface area contributed by atoms with E-state index in [9.17, 15) is 4.79 Å². The number of piperidine rings is 1. The molecule has 0 bridgehead atoms. The quantitative estimate of drug-likeness (QED) is 0.794. The Morgan fingerprint density at radius 2 is 1.81 bits per heavy atom. The standard InChI is InChI=1S/C13H26N2O/c1-10(2)13(16)14-9-12-5-7-15(8-6-12)11(3)4/h10-12H,5-9H2,1-4H3,(H,14,16). The van der Waals surface area contributed by atoms with Gasteiger partial charge in [-0.15, -0.1) is 0 Å². The van der Waals surface area contributed by atoms with Crippen LogP contribution in [0.1, 0.15) is 40.5 Å². The Labute approximate surface area is 99.6 Å². The molecule has 0 radical (unpaired) electrons. The first-order valence-corrected chi connectivity index (χ1v) is 6.52.